The fraction of sp³-hybridized carbons (Fsp3) is 0.538. The van der Waals surface area contributed by atoms with E-state index in [0.29, 0.717) is 5.92 Å². The molecule has 3 N–H and O–H groups in total. The number of nitrogen functional groups attached to an aromatic ring is 1. The number of benzene rings is 1. The molecule has 1 saturated carbocycles. The average Bonchev–Trinajstić information content (AvgIpc) is 2.70. The Kier molecular flexibility index (Phi) is 3.82. The fourth-order valence-electron chi connectivity index (χ4n) is 2.42. The summed E-state index contributed by atoms with van der Waals surface area (Å²) in [5, 5.41) is 0. The van der Waals surface area contributed by atoms with Gasteiger partial charge in [0.15, 0.2) is 0 Å². The van der Waals surface area contributed by atoms with Crippen LogP contribution in [0.4, 0.5) is 10.1 Å². The third-order valence-electron chi connectivity index (χ3n) is 3.84. The van der Waals surface area contributed by atoms with Crippen molar-refractivity contribution in [1.29, 1.82) is 0 Å². The Morgan fingerprint density at radius 1 is 1.37 bits per heavy atom. The first-order valence-electron chi connectivity index (χ1n) is 6.39. The molecule has 2 unspecified atom stereocenters. The standard InChI is InChI=1S/C13H19FN2O2S/c1-8-4-3-5-13(8)16-19(17,18)10-6-11(14)9(2)12(15)7-10/h6-8,13,16H,3-5,15H2,1-2H3. The van der Waals surface area contributed by atoms with Crippen LogP contribution in [0.5, 0.6) is 0 Å². The van der Waals surface area contributed by atoms with E-state index in [-0.39, 0.29) is 22.2 Å². The lowest BCUT2D eigenvalue weighted by Crippen LogP contribution is -2.36. The number of hydrogen-bond donors (Lipinski definition) is 2. The largest absolute Gasteiger partial charge is 0.398 e. The SMILES string of the molecule is Cc1c(N)cc(S(=O)(=O)NC2CCCC2C)cc1F. The van der Waals surface area contributed by atoms with E-state index in [9.17, 15) is 12.8 Å². The fourth-order valence-corrected chi connectivity index (χ4v) is 3.84. The molecule has 0 amide bonds. The van der Waals surface area contributed by atoms with Crippen molar-refractivity contribution in [1.82, 2.24) is 4.72 Å². The van der Waals surface area contributed by atoms with Crippen molar-refractivity contribution >= 4 is 15.7 Å². The van der Waals surface area contributed by atoms with Crippen LogP contribution < -0.4 is 10.5 Å². The Hall–Kier alpha value is -1.14. The van der Waals surface area contributed by atoms with Gasteiger partial charge in [-0.2, -0.15) is 0 Å². The van der Waals surface area contributed by atoms with Gasteiger partial charge in [-0.1, -0.05) is 13.3 Å². The maximum Gasteiger partial charge on any atom is 0.241 e. The van der Waals surface area contributed by atoms with Gasteiger partial charge < -0.3 is 5.73 Å². The highest BCUT2D eigenvalue weighted by Gasteiger charge is 2.28. The Morgan fingerprint density at radius 3 is 2.58 bits per heavy atom. The van der Waals surface area contributed by atoms with Gasteiger partial charge in [0.25, 0.3) is 0 Å². The Balaban J connectivity index is 2.29. The second-order valence-corrected chi connectivity index (χ2v) is 6.97. The normalized spacial score (nSPS) is 23.7. The summed E-state index contributed by atoms with van der Waals surface area (Å²) in [6.45, 7) is 3.54. The molecule has 0 aromatic heterocycles. The van der Waals surface area contributed by atoms with Crippen LogP contribution in [0.1, 0.15) is 31.7 Å². The molecule has 0 heterocycles. The van der Waals surface area contributed by atoms with Crippen LogP contribution in [-0.4, -0.2) is 14.5 Å². The third-order valence-corrected chi connectivity index (χ3v) is 5.31. The number of halogens is 1. The van der Waals surface area contributed by atoms with Crippen molar-refractivity contribution in [3.63, 3.8) is 0 Å². The summed E-state index contributed by atoms with van der Waals surface area (Å²) < 4.78 is 40.7. The summed E-state index contributed by atoms with van der Waals surface area (Å²) in [6, 6.07) is 2.25. The minimum Gasteiger partial charge on any atom is -0.398 e. The van der Waals surface area contributed by atoms with Gasteiger partial charge in [0, 0.05) is 17.3 Å². The minimum atomic E-state index is -3.71. The van der Waals surface area contributed by atoms with Crippen molar-refractivity contribution in [2.24, 2.45) is 5.92 Å². The minimum absolute atomic E-state index is 0.0735. The van der Waals surface area contributed by atoms with Gasteiger partial charge >= 0.3 is 0 Å². The lowest BCUT2D eigenvalue weighted by atomic mass is 10.1. The number of rotatable bonds is 3. The molecule has 106 valence electrons. The predicted molar refractivity (Wildman–Crippen MR) is 72.7 cm³/mol. The number of hydrogen-bond acceptors (Lipinski definition) is 3. The molecule has 0 radical (unpaired) electrons. The van der Waals surface area contributed by atoms with E-state index in [0.717, 1.165) is 25.3 Å². The molecule has 0 spiro atoms. The van der Waals surface area contributed by atoms with Crippen LogP contribution in [-0.2, 0) is 10.0 Å². The first-order valence-corrected chi connectivity index (χ1v) is 7.87. The van der Waals surface area contributed by atoms with E-state index in [1.165, 1.54) is 13.0 Å². The maximum absolute atomic E-state index is 13.6. The third kappa shape index (κ3) is 2.90. The molecule has 1 aromatic carbocycles. The topological polar surface area (TPSA) is 72.2 Å². The second-order valence-electron chi connectivity index (χ2n) is 5.26. The Bertz CT molecular complexity index is 563. The summed E-state index contributed by atoms with van der Waals surface area (Å²) in [4.78, 5) is -0.104. The Labute approximate surface area is 113 Å². The lowest BCUT2D eigenvalue weighted by Gasteiger charge is -2.18. The van der Waals surface area contributed by atoms with E-state index in [4.69, 9.17) is 5.73 Å². The van der Waals surface area contributed by atoms with Gasteiger partial charge in [0.2, 0.25) is 10.0 Å². The molecule has 4 nitrogen and oxygen atoms in total. The van der Waals surface area contributed by atoms with Crippen LogP contribution in [0.2, 0.25) is 0 Å². The lowest BCUT2D eigenvalue weighted by molar-refractivity contribution is 0.476. The first-order chi connectivity index (χ1) is 8.81. The van der Waals surface area contributed by atoms with Gasteiger partial charge in [-0.05, 0) is 37.8 Å². The zero-order valence-electron chi connectivity index (χ0n) is 11.1. The molecule has 0 aliphatic heterocycles. The second kappa shape index (κ2) is 5.09. The number of nitrogens with one attached hydrogen (secondary N) is 1. The van der Waals surface area contributed by atoms with Crippen molar-refractivity contribution in [3.05, 3.63) is 23.5 Å². The molecule has 2 atom stereocenters. The smallest absolute Gasteiger partial charge is 0.241 e. The van der Waals surface area contributed by atoms with Crippen molar-refractivity contribution in [2.45, 2.75) is 44.0 Å². The number of sulfonamides is 1. The van der Waals surface area contributed by atoms with Gasteiger partial charge in [-0.25, -0.2) is 17.5 Å². The average molecular weight is 286 g/mol. The van der Waals surface area contributed by atoms with E-state index in [2.05, 4.69) is 4.72 Å². The molecule has 1 aliphatic carbocycles. The van der Waals surface area contributed by atoms with E-state index < -0.39 is 15.8 Å². The van der Waals surface area contributed by atoms with Crippen LogP contribution in [0.3, 0.4) is 0 Å². The van der Waals surface area contributed by atoms with Crippen LogP contribution in [0, 0.1) is 18.7 Å². The zero-order chi connectivity index (χ0) is 14.2. The molecule has 6 heteroatoms. The van der Waals surface area contributed by atoms with E-state index >= 15 is 0 Å². The molecule has 19 heavy (non-hydrogen) atoms. The zero-order valence-corrected chi connectivity index (χ0v) is 11.9. The molecular weight excluding hydrogens is 267 g/mol. The molecule has 0 bridgehead atoms. The summed E-state index contributed by atoms with van der Waals surface area (Å²) in [7, 11) is -3.71. The highest BCUT2D eigenvalue weighted by atomic mass is 32.2. The number of nitrogens with two attached hydrogens (primary N) is 1. The molecule has 0 saturated heterocycles. The molecular formula is C13H19FN2O2S. The highest BCUT2D eigenvalue weighted by Crippen LogP contribution is 2.27. The summed E-state index contributed by atoms with van der Waals surface area (Å²) in [6.07, 6.45) is 2.85. The van der Waals surface area contributed by atoms with Crippen molar-refractivity contribution < 1.29 is 12.8 Å². The summed E-state index contributed by atoms with van der Waals surface area (Å²) in [5.74, 6) is -0.290. The monoisotopic (exact) mass is 286 g/mol. The molecule has 1 fully saturated rings. The van der Waals surface area contributed by atoms with Crippen molar-refractivity contribution in [3.8, 4) is 0 Å². The molecule has 2 rings (SSSR count). The van der Waals surface area contributed by atoms with Gasteiger partial charge in [0.05, 0.1) is 4.90 Å². The van der Waals surface area contributed by atoms with Gasteiger partial charge in [0.1, 0.15) is 5.82 Å². The first kappa shape index (κ1) is 14.3. The van der Waals surface area contributed by atoms with Crippen LogP contribution >= 0.6 is 0 Å². The quantitative estimate of drug-likeness (QED) is 0.837. The van der Waals surface area contributed by atoms with E-state index in [1.54, 1.807) is 0 Å². The van der Waals surface area contributed by atoms with Crippen LogP contribution in [0.25, 0.3) is 0 Å². The van der Waals surface area contributed by atoms with Gasteiger partial charge in [-0.15, -0.1) is 0 Å². The van der Waals surface area contributed by atoms with Crippen LogP contribution in [0.15, 0.2) is 17.0 Å². The van der Waals surface area contributed by atoms with Gasteiger partial charge in [-0.3, -0.25) is 0 Å². The van der Waals surface area contributed by atoms with E-state index in [1.807, 2.05) is 6.92 Å². The molecule has 1 aromatic rings. The molecule has 1 aliphatic rings. The summed E-state index contributed by atoms with van der Waals surface area (Å²) in [5.41, 5.74) is 6.05. The Morgan fingerprint density at radius 2 is 2.05 bits per heavy atom. The number of anilines is 1. The van der Waals surface area contributed by atoms with Crippen molar-refractivity contribution in [2.75, 3.05) is 5.73 Å². The predicted octanol–water partition coefficient (Wildman–Crippen LogP) is 2.18. The summed E-state index contributed by atoms with van der Waals surface area (Å²) >= 11 is 0. The highest BCUT2D eigenvalue weighted by molar-refractivity contribution is 7.89. The maximum atomic E-state index is 13.6.